The first-order valence-electron chi connectivity index (χ1n) is 16.5. The third-order valence-corrected chi connectivity index (χ3v) is 11.0. The molecule has 0 fully saturated rings. The summed E-state index contributed by atoms with van der Waals surface area (Å²) in [6.07, 6.45) is 4.62. The van der Waals surface area contributed by atoms with Crippen molar-refractivity contribution in [2.75, 3.05) is 11.5 Å². The number of hydrogen-bond acceptors (Lipinski definition) is 5. The Morgan fingerprint density at radius 2 is 1.70 bits per heavy atom. The molecule has 1 N–H and O–H groups in total. The van der Waals surface area contributed by atoms with Gasteiger partial charge < -0.3 is 19.0 Å². The van der Waals surface area contributed by atoms with E-state index in [-0.39, 0.29) is 17.5 Å². The number of carboxylic acid groups (broad SMARTS) is 1. The van der Waals surface area contributed by atoms with Crippen molar-refractivity contribution in [1.82, 2.24) is 19.1 Å². The van der Waals surface area contributed by atoms with Gasteiger partial charge in [-0.2, -0.15) is 0 Å². The number of aryl methyl sites for hydroxylation is 6. The second-order valence-corrected chi connectivity index (χ2v) is 13.9. The number of halogens is 2. The second kappa shape index (κ2) is 12.8. The number of carbonyl (C=O) groups is 2. The van der Waals surface area contributed by atoms with E-state index in [2.05, 4.69) is 26.7 Å². The molecule has 9 nitrogen and oxygen atoms in total. The number of nitrogens with zero attached hydrogens (tertiary/aromatic N) is 5. The molecule has 0 bridgehead atoms. The van der Waals surface area contributed by atoms with Crippen molar-refractivity contribution in [3.05, 3.63) is 105 Å². The summed E-state index contributed by atoms with van der Waals surface area (Å²) in [5.41, 5.74) is 8.51. The van der Waals surface area contributed by atoms with Gasteiger partial charge in [-0.1, -0.05) is 41.4 Å². The molecule has 1 aliphatic rings. The van der Waals surface area contributed by atoms with E-state index in [1.807, 2.05) is 70.6 Å². The van der Waals surface area contributed by atoms with E-state index >= 15 is 4.79 Å². The third-order valence-electron chi connectivity index (χ3n) is 9.82. The van der Waals surface area contributed by atoms with Crippen LogP contribution in [0.25, 0.3) is 32.9 Å². The van der Waals surface area contributed by atoms with Crippen LogP contribution in [0.4, 0.5) is 5.69 Å². The summed E-state index contributed by atoms with van der Waals surface area (Å²) in [6, 6.07) is 14.6. The SMILES string of the molecule is Cc1cc(OCCCc2c3n(c4c(-c5c(C)ncnc5C)cccc24)[C@H](C)C(Cl)N(c2cn(C)c4ccc(C(=O)O)cc24)C3=O)cc(C)c1Cl. The van der Waals surface area contributed by atoms with Gasteiger partial charge in [-0.05, 0) is 94.5 Å². The zero-order chi connectivity index (χ0) is 35.6. The highest BCUT2D eigenvalue weighted by atomic mass is 35.5. The van der Waals surface area contributed by atoms with E-state index < -0.39 is 11.5 Å². The summed E-state index contributed by atoms with van der Waals surface area (Å²) in [4.78, 5) is 37.6. The summed E-state index contributed by atoms with van der Waals surface area (Å²) >= 11 is 13.7. The molecule has 1 amide bonds. The van der Waals surface area contributed by atoms with Crippen LogP contribution in [0.15, 0.2) is 61.1 Å². The molecular weight excluding hydrogens is 673 g/mol. The van der Waals surface area contributed by atoms with Crippen molar-refractivity contribution in [1.29, 1.82) is 0 Å². The summed E-state index contributed by atoms with van der Waals surface area (Å²) in [5.74, 6) is -0.543. The highest BCUT2D eigenvalue weighted by molar-refractivity contribution is 6.32. The Kier molecular flexibility index (Phi) is 8.60. The van der Waals surface area contributed by atoms with Gasteiger partial charge in [-0.25, -0.2) is 14.8 Å². The highest BCUT2D eigenvalue weighted by Crippen LogP contribution is 2.45. The molecule has 3 aromatic carbocycles. The highest BCUT2D eigenvalue weighted by Gasteiger charge is 2.42. The van der Waals surface area contributed by atoms with Crippen LogP contribution in [0.5, 0.6) is 5.75 Å². The molecule has 7 rings (SSSR count). The third kappa shape index (κ3) is 5.40. The number of benzene rings is 3. The first-order valence-corrected chi connectivity index (χ1v) is 17.3. The van der Waals surface area contributed by atoms with Crippen LogP contribution in [-0.2, 0) is 13.5 Å². The molecule has 1 aliphatic heterocycles. The van der Waals surface area contributed by atoms with Crippen LogP contribution in [0.2, 0.25) is 5.02 Å². The van der Waals surface area contributed by atoms with Gasteiger partial charge in [0.2, 0.25) is 0 Å². The van der Waals surface area contributed by atoms with Crippen LogP contribution < -0.4 is 9.64 Å². The van der Waals surface area contributed by atoms with Gasteiger partial charge in [0.25, 0.3) is 5.91 Å². The Bertz CT molecular complexity index is 2320. The molecule has 0 spiro atoms. The molecule has 50 heavy (non-hydrogen) atoms. The second-order valence-electron chi connectivity index (χ2n) is 13.1. The predicted molar refractivity (Wildman–Crippen MR) is 198 cm³/mol. The minimum Gasteiger partial charge on any atom is -0.494 e. The van der Waals surface area contributed by atoms with Crippen molar-refractivity contribution in [3.63, 3.8) is 0 Å². The molecule has 0 saturated heterocycles. The maximum absolute atomic E-state index is 15.0. The number of aromatic carboxylic acids is 1. The Hall–Kier alpha value is -4.86. The van der Waals surface area contributed by atoms with Crippen LogP contribution in [0.1, 0.15) is 68.3 Å². The Morgan fingerprint density at radius 1 is 1.00 bits per heavy atom. The lowest BCUT2D eigenvalue weighted by Gasteiger charge is -2.38. The smallest absolute Gasteiger partial charge is 0.335 e. The van der Waals surface area contributed by atoms with Crippen molar-refractivity contribution in [2.45, 2.75) is 59.0 Å². The van der Waals surface area contributed by atoms with Gasteiger partial charge in [0.05, 0.1) is 29.4 Å². The van der Waals surface area contributed by atoms with Crippen LogP contribution in [-0.4, -0.2) is 48.2 Å². The first kappa shape index (κ1) is 33.6. The molecule has 6 aromatic rings. The van der Waals surface area contributed by atoms with Gasteiger partial charge in [0.1, 0.15) is 23.3 Å². The molecule has 2 atom stereocenters. The largest absolute Gasteiger partial charge is 0.494 e. The Morgan fingerprint density at radius 3 is 2.38 bits per heavy atom. The number of alkyl halides is 1. The van der Waals surface area contributed by atoms with E-state index in [0.717, 1.165) is 66.4 Å². The van der Waals surface area contributed by atoms with E-state index in [4.69, 9.17) is 27.9 Å². The molecule has 1 unspecified atom stereocenters. The standard InChI is InChI=1S/C39H37Cl2N5O4/c1-20-15-26(16-21(2)34(20)40)50-14-8-11-28-27-9-7-10-29(33-22(3)42-19-43-23(33)4)35(27)45-24(5)37(41)46(38(47)36(28)45)32-18-44(6)31-13-12-25(39(48)49)17-30(31)32/h7,9-10,12-13,15-19,24,37H,8,11,14H2,1-6H3,(H,48,49)/t24-,37?/m1/s1. The van der Waals surface area contributed by atoms with Gasteiger partial charge >= 0.3 is 5.97 Å². The predicted octanol–water partition coefficient (Wildman–Crippen LogP) is 8.97. The molecule has 4 heterocycles. The zero-order valence-corrected chi connectivity index (χ0v) is 30.2. The Labute approximate surface area is 300 Å². The summed E-state index contributed by atoms with van der Waals surface area (Å²) in [6.45, 7) is 10.3. The molecule has 11 heteroatoms. The van der Waals surface area contributed by atoms with Crippen LogP contribution in [0.3, 0.4) is 0 Å². The number of para-hydroxylation sites is 1. The number of rotatable bonds is 8. The topological polar surface area (TPSA) is 102 Å². The number of carbonyl (C=O) groups excluding carboxylic acids is 1. The summed E-state index contributed by atoms with van der Waals surface area (Å²) in [5, 5.41) is 12.1. The summed E-state index contributed by atoms with van der Waals surface area (Å²) in [7, 11) is 1.87. The fraction of sp³-hybridized carbons (Fsp3) is 0.282. The van der Waals surface area contributed by atoms with Gasteiger partial charge in [0.15, 0.2) is 0 Å². The van der Waals surface area contributed by atoms with Gasteiger partial charge in [-0.15, -0.1) is 0 Å². The maximum atomic E-state index is 15.0. The minimum absolute atomic E-state index is 0.134. The van der Waals surface area contributed by atoms with E-state index in [0.29, 0.717) is 36.2 Å². The summed E-state index contributed by atoms with van der Waals surface area (Å²) < 4.78 is 10.2. The molecule has 256 valence electrons. The fourth-order valence-corrected chi connectivity index (χ4v) is 7.86. The lowest BCUT2D eigenvalue weighted by atomic mass is 9.98. The average Bonchev–Trinajstić information content (AvgIpc) is 3.59. The molecule has 0 radical (unpaired) electrons. The zero-order valence-electron chi connectivity index (χ0n) is 28.7. The molecule has 0 aliphatic carbocycles. The number of anilines is 1. The van der Waals surface area contributed by atoms with Crippen molar-refractivity contribution < 1.29 is 19.4 Å². The van der Waals surface area contributed by atoms with Crippen LogP contribution >= 0.6 is 23.2 Å². The maximum Gasteiger partial charge on any atom is 0.335 e. The molecule has 0 saturated carbocycles. The lowest BCUT2D eigenvalue weighted by molar-refractivity contribution is 0.0696. The fourth-order valence-electron chi connectivity index (χ4n) is 7.44. The van der Waals surface area contributed by atoms with E-state index in [9.17, 15) is 9.90 Å². The quantitative estimate of drug-likeness (QED) is 0.0962. The monoisotopic (exact) mass is 709 g/mol. The Balaban J connectivity index is 1.38. The minimum atomic E-state index is -1.04. The number of ether oxygens (including phenoxy) is 1. The van der Waals surface area contributed by atoms with Gasteiger partial charge in [0, 0.05) is 57.1 Å². The van der Waals surface area contributed by atoms with Crippen molar-refractivity contribution in [2.24, 2.45) is 7.05 Å². The number of carboxylic acids is 1. The number of amides is 1. The number of fused-ring (bicyclic) bond motifs is 4. The number of aromatic nitrogens is 4. The average molecular weight is 711 g/mol. The lowest BCUT2D eigenvalue weighted by Crippen LogP contribution is -2.47. The van der Waals surface area contributed by atoms with Gasteiger partial charge in [-0.3, -0.25) is 9.69 Å². The normalized spacial score (nSPS) is 16.0. The molecule has 3 aromatic heterocycles. The van der Waals surface area contributed by atoms with E-state index in [1.165, 1.54) is 0 Å². The van der Waals surface area contributed by atoms with Crippen LogP contribution in [0, 0.1) is 27.7 Å². The van der Waals surface area contributed by atoms with Crippen molar-refractivity contribution >= 4 is 62.6 Å². The van der Waals surface area contributed by atoms with Crippen molar-refractivity contribution in [3.8, 4) is 16.9 Å². The molecular formula is C39H37Cl2N5O4. The number of hydrogen-bond donors (Lipinski definition) is 1. The van der Waals surface area contributed by atoms with E-state index in [1.54, 1.807) is 29.4 Å². The first-order chi connectivity index (χ1) is 23.9.